The van der Waals surface area contributed by atoms with Gasteiger partial charge in [-0.1, -0.05) is 18.2 Å². The van der Waals surface area contributed by atoms with Crippen molar-refractivity contribution in [3.8, 4) is 0 Å². The number of hydrogen-bond donors (Lipinski definition) is 2. The first-order valence-electron chi connectivity index (χ1n) is 5.28. The van der Waals surface area contributed by atoms with E-state index in [1.807, 2.05) is 0 Å². The molecule has 0 spiro atoms. The fraction of sp³-hybridized carbons (Fsp3) is 0.0833. The molecule has 1 aromatic carbocycles. The Morgan fingerprint density at radius 3 is 2.53 bits per heavy atom. The average molecular weight is 265 g/mol. The van der Waals surface area contributed by atoms with Crippen LogP contribution in [0.1, 0.15) is 22.5 Å². The van der Waals surface area contributed by atoms with Crippen molar-refractivity contribution in [1.82, 2.24) is 9.97 Å². The minimum atomic E-state index is -2.98. The van der Waals surface area contributed by atoms with Gasteiger partial charge < -0.3 is 10.4 Å². The average Bonchev–Trinajstić information content (AvgIpc) is 2.39. The minimum absolute atomic E-state index is 0.0773. The normalized spacial score (nSPS) is 10.5. The van der Waals surface area contributed by atoms with Gasteiger partial charge in [-0.05, 0) is 12.1 Å². The van der Waals surface area contributed by atoms with E-state index in [1.54, 1.807) is 30.3 Å². The predicted molar refractivity (Wildman–Crippen MR) is 63.7 cm³/mol. The number of carbonyl (C=O) groups is 1. The summed E-state index contributed by atoms with van der Waals surface area (Å²) in [6.07, 6.45) is -2.12. The zero-order valence-corrected chi connectivity index (χ0v) is 9.55. The van der Waals surface area contributed by atoms with Crippen LogP contribution in [0.2, 0.25) is 0 Å². The third-order valence-electron chi connectivity index (χ3n) is 2.29. The standard InChI is InChI=1S/C12H9F2N3O2/c13-10(14)9-8(11(18)19)6-15-12(17-9)16-7-4-2-1-3-5-7/h1-6,10H,(H,18,19)(H,15,16,17). The van der Waals surface area contributed by atoms with Gasteiger partial charge >= 0.3 is 5.97 Å². The Morgan fingerprint density at radius 1 is 1.26 bits per heavy atom. The van der Waals surface area contributed by atoms with E-state index in [2.05, 4.69) is 15.3 Å². The number of para-hydroxylation sites is 1. The lowest BCUT2D eigenvalue weighted by Gasteiger charge is -2.08. The Balaban J connectivity index is 2.33. The number of halogens is 2. The molecule has 1 heterocycles. The van der Waals surface area contributed by atoms with E-state index in [4.69, 9.17) is 5.11 Å². The van der Waals surface area contributed by atoms with Gasteiger partial charge in [0.15, 0.2) is 0 Å². The molecule has 0 radical (unpaired) electrons. The lowest BCUT2D eigenvalue weighted by Crippen LogP contribution is -2.09. The molecule has 0 saturated heterocycles. The molecule has 0 unspecified atom stereocenters. The van der Waals surface area contributed by atoms with Crippen LogP contribution in [0, 0.1) is 0 Å². The quantitative estimate of drug-likeness (QED) is 0.889. The first-order chi connectivity index (χ1) is 9.08. The van der Waals surface area contributed by atoms with Crippen LogP contribution in [-0.2, 0) is 0 Å². The summed E-state index contributed by atoms with van der Waals surface area (Å²) in [6.45, 7) is 0. The third-order valence-corrected chi connectivity index (χ3v) is 2.29. The number of carboxylic acids is 1. The topological polar surface area (TPSA) is 75.1 Å². The summed E-state index contributed by atoms with van der Waals surface area (Å²) >= 11 is 0. The molecule has 5 nitrogen and oxygen atoms in total. The van der Waals surface area contributed by atoms with Crippen LogP contribution < -0.4 is 5.32 Å². The van der Waals surface area contributed by atoms with Crippen molar-refractivity contribution < 1.29 is 18.7 Å². The number of anilines is 2. The number of aromatic nitrogens is 2. The van der Waals surface area contributed by atoms with Crippen LogP contribution in [-0.4, -0.2) is 21.0 Å². The second kappa shape index (κ2) is 5.38. The van der Waals surface area contributed by atoms with Crippen molar-refractivity contribution in [3.63, 3.8) is 0 Å². The lowest BCUT2D eigenvalue weighted by molar-refractivity contribution is 0.0681. The summed E-state index contributed by atoms with van der Waals surface area (Å²) in [5.74, 6) is -1.56. The Bertz CT molecular complexity index is 591. The molecule has 7 heteroatoms. The maximum Gasteiger partial charge on any atom is 0.339 e. The van der Waals surface area contributed by atoms with Crippen molar-refractivity contribution >= 4 is 17.6 Å². The Hall–Kier alpha value is -2.57. The lowest BCUT2D eigenvalue weighted by atomic mass is 10.2. The molecule has 1 aromatic heterocycles. The number of aromatic carboxylic acids is 1. The molecule has 2 aromatic rings. The molecule has 0 saturated carbocycles. The molecule has 0 atom stereocenters. The van der Waals surface area contributed by atoms with Crippen molar-refractivity contribution in [2.45, 2.75) is 6.43 Å². The van der Waals surface area contributed by atoms with Crippen LogP contribution in [0.3, 0.4) is 0 Å². The van der Waals surface area contributed by atoms with E-state index < -0.39 is 23.7 Å². The largest absolute Gasteiger partial charge is 0.478 e. The van der Waals surface area contributed by atoms with Gasteiger partial charge in [0.2, 0.25) is 5.95 Å². The highest BCUT2D eigenvalue weighted by Crippen LogP contribution is 2.22. The Labute approximate surface area is 106 Å². The van der Waals surface area contributed by atoms with Gasteiger partial charge in [-0.25, -0.2) is 23.5 Å². The van der Waals surface area contributed by atoms with E-state index in [-0.39, 0.29) is 5.95 Å². The number of carboxylic acid groups (broad SMARTS) is 1. The summed E-state index contributed by atoms with van der Waals surface area (Å²) in [6, 6.07) is 8.71. The predicted octanol–water partition coefficient (Wildman–Crippen LogP) is 2.86. The molecule has 0 aliphatic rings. The van der Waals surface area contributed by atoms with Crippen LogP contribution in [0.15, 0.2) is 36.5 Å². The van der Waals surface area contributed by atoms with Crippen LogP contribution in [0.25, 0.3) is 0 Å². The Morgan fingerprint density at radius 2 is 1.95 bits per heavy atom. The summed E-state index contributed by atoms with van der Waals surface area (Å²) in [5, 5.41) is 11.5. The number of benzene rings is 1. The zero-order valence-electron chi connectivity index (χ0n) is 9.55. The second-order valence-corrected chi connectivity index (χ2v) is 3.59. The fourth-order valence-electron chi connectivity index (χ4n) is 1.44. The molecule has 0 bridgehead atoms. The number of nitrogens with one attached hydrogen (secondary N) is 1. The summed E-state index contributed by atoms with van der Waals surface area (Å²) < 4.78 is 25.5. The molecular weight excluding hydrogens is 256 g/mol. The highest BCUT2D eigenvalue weighted by molar-refractivity contribution is 5.88. The molecule has 98 valence electrons. The van der Waals surface area contributed by atoms with Gasteiger partial charge in [0, 0.05) is 11.9 Å². The summed E-state index contributed by atoms with van der Waals surface area (Å²) in [7, 11) is 0. The van der Waals surface area contributed by atoms with Gasteiger partial charge in [-0.15, -0.1) is 0 Å². The van der Waals surface area contributed by atoms with Crippen molar-refractivity contribution in [1.29, 1.82) is 0 Å². The number of hydrogen-bond acceptors (Lipinski definition) is 4. The second-order valence-electron chi connectivity index (χ2n) is 3.59. The van der Waals surface area contributed by atoms with Gasteiger partial charge in [0.05, 0.1) is 0 Å². The molecule has 0 amide bonds. The Kier molecular flexibility index (Phi) is 3.65. The number of rotatable bonds is 4. The van der Waals surface area contributed by atoms with Crippen LogP contribution >= 0.6 is 0 Å². The maximum atomic E-state index is 12.7. The summed E-state index contributed by atoms with van der Waals surface area (Å²) in [5.41, 5.74) is -0.791. The van der Waals surface area contributed by atoms with Crippen LogP contribution in [0.5, 0.6) is 0 Å². The monoisotopic (exact) mass is 265 g/mol. The highest BCUT2D eigenvalue weighted by Gasteiger charge is 2.21. The maximum absolute atomic E-state index is 12.7. The first-order valence-corrected chi connectivity index (χ1v) is 5.28. The van der Waals surface area contributed by atoms with Gasteiger partial charge in [0.1, 0.15) is 11.3 Å². The zero-order chi connectivity index (χ0) is 13.8. The van der Waals surface area contributed by atoms with E-state index in [1.165, 1.54) is 0 Å². The van der Waals surface area contributed by atoms with Crippen molar-refractivity contribution in [3.05, 3.63) is 47.8 Å². The van der Waals surface area contributed by atoms with Gasteiger partial charge in [-0.2, -0.15) is 0 Å². The SMILES string of the molecule is O=C(O)c1cnc(Nc2ccccc2)nc1C(F)F. The van der Waals surface area contributed by atoms with Crippen LogP contribution in [0.4, 0.5) is 20.4 Å². The molecule has 2 rings (SSSR count). The minimum Gasteiger partial charge on any atom is -0.478 e. The van der Waals surface area contributed by atoms with Crippen molar-refractivity contribution in [2.75, 3.05) is 5.32 Å². The first kappa shape index (κ1) is 12.9. The smallest absolute Gasteiger partial charge is 0.339 e. The number of alkyl halides is 2. The third kappa shape index (κ3) is 3.01. The van der Waals surface area contributed by atoms with E-state index in [0.717, 1.165) is 6.20 Å². The van der Waals surface area contributed by atoms with Crippen molar-refractivity contribution in [2.24, 2.45) is 0 Å². The van der Waals surface area contributed by atoms with E-state index >= 15 is 0 Å². The van der Waals surface area contributed by atoms with E-state index in [0.29, 0.717) is 5.69 Å². The van der Waals surface area contributed by atoms with Gasteiger partial charge in [0.25, 0.3) is 6.43 Å². The fourth-order valence-corrected chi connectivity index (χ4v) is 1.44. The van der Waals surface area contributed by atoms with Gasteiger partial charge in [-0.3, -0.25) is 0 Å². The molecule has 0 fully saturated rings. The molecule has 0 aliphatic carbocycles. The van der Waals surface area contributed by atoms with E-state index in [9.17, 15) is 13.6 Å². The molecule has 0 aliphatic heterocycles. The number of nitrogens with zero attached hydrogens (tertiary/aromatic N) is 2. The molecule has 19 heavy (non-hydrogen) atoms. The molecule has 2 N–H and O–H groups in total. The highest BCUT2D eigenvalue weighted by atomic mass is 19.3. The molecular formula is C12H9F2N3O2. The summed E-state index contributed by atoms with van der Waals surface area (Å²) in [4.78, 5) is 18.0.